The maximum atomic E-state index is 11.9. The van der Waals surface area contributed by atoms with Gasteiger partial charge in [-0.05, 0) is 54.5 Å². The second-order valence-corrected chi connectivity index (χ2v) is 6.64. The summed E-state index contributed by atoms with van der Waals surface area (Å²) < 4.78 is 5.42. The van der Waals surface area contributed by atoms with Crippen LogP contribution in [0.15, 0.2) is 0 Å². The van der Waals surface area contributed by atoms with Crippen LogP contribution in [0.2, 0.25) is 0 Å². The molecule has 94 valence electrons. The fourth-order valence-electron chi connectivity index (χ4n) is 1.95. The van der Waals surface area contributed by atoms with Gasteiger partial charge in [0.25, 0.3) is 0 Å². The van der Waals surface area contributed by atoms with E-state index >= 15 is 0 Å². The minimum Gasteiger partial charge on any atom is -0.460 e. The molecule has 3 nitrogen and oxygen atoms in total. The van der Waals surface area contributed by atoms with Crippen molar-refractivity contribution in [1.29, 1.82) is 0 Å². The molecule has 0 bridgehead atoms. The SMILES string of the molecule is CC(C)(C)OC(=O)C1CCN(C(C)(C)C)C1. The minimum absolute atomic E-state index is 0.0424. The zero-order valence-electron chi connectivity index (χ0n) is 11.5. The van der Waals surface area contributed by atoms with Crippen LogP contribution >= 0.6 is 0 Å². The molecule has 1 fully saturated rings. The number of carbonyl (C=O) groups excluding carboxylic acids is 1. The average molecular weight is 227 g/mol. The van der Waals surface area contributed by atoms with Crippen LogP contribution in [-0.4, -0.2) is 35.1 Å². The Hall–Kier alpha value is -0.570. The fourth-order valence-corrected chi connectivity index (χ4v) is 1.95. The molecule has 0 aliphatic carbocycles. The van der Waals surface area contributed by atoms with E-state index in [-0.39, 0.29) is 23.0 Å². The van der Waals surface area contributed by atoms with Crippen LogP contribution in [0.25, 0.3) is 0 Å². The third-order valence-corrected chi connectivity index (χ3v) is 2.88. The molecule has 1 saturated heterocycles. The molecule has 0 saturated carbocycles. The summed E-state index contributed by atoms with van der Waals surface area (Å²) >= 11 is 0. The highest BCUT2D eigenvalue weighted by molar-refractivity contribution is 5.73. The van der Waals surface area contributed by atoms with Gasteiger partial charge in [0.15, 0.2) is 0 Å². The molecule has 1 unspecified atom stereocenters. The molecule has 1 aliphatic rings. The van der Waals surface area contributed by atoms with Crippen molar-refractivity contribution >= 4 is 5.97 Å². The van der Waals surface area contributed by atoms with Gasteiger partial charge in [-0.1, -0.05) is 0 Å². The second-order valence-electron chi connectivity index (χ2n) is 6.64. The lowest BCUT2D eigenvalue weighted by Gasteiger charge is -2.31. The third-order valence-electron chi connectivity index (χ3n) is 2.88. The van der Waals surface area contributed by atoms with Crippen LogP contribution in [0, 0.1) is 5.92 Å². The molecule has 1 rings (SSSR count). The Morgan fingerprint density at radius 2 is 1.75 bits per heavy atom. The minimum atomic E-state index is -0.369. The van der Waals surface area contributed by atoms with Gasteiger partial charge in [-0.15, -0.1) is 0 Å². The Bertz CT molecular complexity index is 260. The average Bonchev–Trinajstić information content (AvgIpc) is 2.46. The van der Waals surface area contributed by atoms with E-state index in [0.29, 0.717) is 0 Å². The van der Waals surface area contributed by atoms with Gasteiger partial charge in [0.05, 0.1) is 5.92 Å². The van der Waals surface area contributed by atoms with Crippen molar-refractivity contribution in [3.63, 3.8) is 0 Å². The number of rotatable bonds is 1. The number of nitrogens with zero attached hydrogens (tertiary/aromatic N) is 1. The van der Waals surface area contributed by atoms with Gasteiger partial charge in [-0.2, -0.15) is 0 Å². The lowest BCUT2D eigenvalue weighted by Crippen LogP contribution is -2.40. The lowest BCUT2D eigenvalue weighted by atomic mass is 10.1. The summed E-state index contributed by atoms with van der Waals surface area (Å²) in [6.45, 7) is 14.1. The first-order valence-corrected chi connectivity index (χ1v) is 6.07. The van der Waals surface area contributed by atoms with E-state index in [1.807, 2.05) is 20.8 Å². The third kappa shape index (κ3) is 3.78. The number of ether oxygens (including phenoxy) is 1. The Kier molecular flexibility index (Phi) is 3.68. The maximum Gasteiger partial charge on any atom is 0.310 e. The van der Waals surface area contributed by atoms with Crippen LogP contribution in [0.5, 0.6) is 0 Å². The monoisotopic (exact) mass is 227 g/mol. The zero-order valence-corrected chi connectivity index (χ0v) is 11.5. The molecule has 1 atom stereocenters. The quantitative estimate of drug-likeness (QED) is 0.644. The Morgan fingerprint density at radius 1 is 1.19 bits per heavy atom. The molecule has 0 aromatic carbocycles. The lowest BCUT2D eigenvalue weighted by molar-refractivity contribution is -0.159. The van der Waals surface area contributed by atoms with Gasteiger partial charge < -0.3 is 4.74 Å². The summed E-state index contributed by atoms with van der Waals surface area (Å²) in [4.78, 5) is 14.2. The van der Waals surface area contributed by atoms with Gasteiger partial charge in [0.1, 0.15) is 5.60 Å². The second kappa shape index (κ2) is 4.36. The van der Waals surface area contributed by atoms with E-state index in [1.54, 1.807) is 0 Å². The van der Waals surface area contributed by atoms with Crippen LogP contribution < -0.4 is 0 Å². The summed E-state index contributed by atoms with van der Waals surface area (Å²) in [6.07, 6.45) is 0.923. The molecular weight excluding hydrogens is 202 g/mol. The van der Waals surface area contributed by atoms with Crippen molar-refractivity contribution in [3.05, 3.63) is 0 Å². The molecule has 1 aliphatic heterocycles. The van der Waals surface area contributed by atoms with Crippen LogP contribution in [-0.2, 0) is 9.53 Å². The topological polar surface area (TPSA) is 29.5 Å². The van der Waals surface area contributed by atoms with Crippen LogP contribution in [0.1, 0.15) is 48.0 Å². The molecule has 3 heteroatoms. The van der Waals surface area contributed by atoms with Crippen molar-refractivity contribution in [3.8, 4) is 0 Å². The molecule has 0 N–H and O–H groups in total. The molecule has 0 amide bonds. The molecule has 0 aromatic heterocycles. The van der Waals surface area contributed by atoms with Crippen molar-refractivity contribution < 1.29 is 9.53 Å². The molecule has 0 radical (unpaired) electrons. The number of esters is 1. The standard InChI is InChI=1S/C13H25NO2/c1-12(2,3)14-8-7-10(9-14)11(15)16-13(4,5)6/h10H,7-9H2,1-6H3. The molecule has 0 spiro atoms. The number of hydrogen-bond acceptors (Lipinski definition) is 3. The first-order valence-electron chi connectivity index (χ1n) is 6.07. The van der Waals surface area contributed by atoms with Crippen molar-refractivity contribution in [2.45, 2.75) is 59.1 Å². The van der Waals surface area contributed by atoms with Gasteiger partial charge >= 0.3 is 5.97 Å². The van der Waals surface area contributed by atoms with E-state index in [2.05, 4.69) is 25.7 Å². The van der Waals surface area contributed by atoms with Crippen molar-refractivity contribution in [1.82, 2.24) is 4.90 Å². The molecule has 0 aromatic rings. The molecular formula is C13H25NO2. The van der Waals surface area contributed by atoms with Crippen molar-refractivity contribution in [2.75, 3.05) is 13.1 Å². The normalized spacial score (nSPS) is 23.5. The predicted molar refractivity (Wildman–Crippen MR) is 65.3 cm³/mol. The Balaban J connectivity index is 2.51. The van der Waals surface area contributed by atoms with Gasteiger partial charge in [0.2, 0.25) is 0 Å². The largest absolute Gasteiger partial charge is 0.460 e. The zero-order chi connectivity index (χ0) is 12.6. The summed E-state index contributed by atoms with van der Waals surface area (Å²) in [5.41, 5.74) is -0.219. The smallest absolute Gasteiger partial charge is 0.310 e. The highest BCUT2D eigenvalue weighted by Gasteiger charge is 2.35. The summed E-state index contributed by atoms with van der Waals surface area (Å²) in [5, 5.41) is 0. The van der Waals surface area contributed by atoms with E-state index in [0.717, 1.165) is 19.5 Å². The first kappa shape index (κ1) is 13.5. The Morgan fingerprint density at radius 3 is 2.12 bits per heavy atom. The fraction of sp³-hybridized carbons (Fsp3) is 0.923. The number of hydrogen-bond donors (Lipinski definition) is 0. The Labute approximate surface area is 99.1 Å². The predicted octanol–water partition coefficient (Wildman–Crippen LogP) is 2.45. The van der Waals surface area contributed by atoms with Gasteiger partial charge in [-0.25, -0.2) is 0 Å². The van der Waals surface area contributed by atoms with E-state index in [9.17, 15) is 4.79 Å². The van der Waals surface area contributed by atoms with Crippen LogP contribution in [0.4, 0.5) is 0 Å². The van der Waals surface area contributed by atoms with E-state index in [1.165, 1.54) is 0 Å². The van der Waals surface area contributed by atoms with Crippen molar-refractivity contribution in [2.24, 2.45) is 5.92 Å². The summed E-state index contributed by atoms with van der Waals surface area (Å²) in [5.74, 6) is 0.0118. The highest BCUT2D eigenvalue weighted by Crippen LogP contribution is 2.26. The molecule has 16 heavy (non-hydrogen) atoms. The first-order chi connectivity index (χ1) is 7.09. The number of likely N-dealkylation sites (tertiary alicyclic amines) is 1. The summed E-state index contributed by atoms with van der Waals surface area (Å²) in [7, 11) is 0. The highest BCUT2D eigenvalue weighted by atomic mass is 16.6. The van der Waals surface area contributed by atoms with E-state index < -0.39 is 0 Å². The van der Waals surface area contributed by atoms with Gasteiger partial charge in [0, 0.05) is 12.1 Å². The maximum absolute atomic E-state index is 11.9. The number of carbonyl (C=O) groups is 1. The van der Waals surface area contributed by atoms with Gasteiger partial charge in [-0.3, -0.25) is 9.69 Å². The summed E-state index contributed by atoms with van der Waals surface area (Å²) in [6, 6.07) is 0. The van der Waals surface area contributed by atoms with E-state index in [4.69, 9.17) is 4.74 Å². The molecule has 1 heterocycles. The van der Waals surface area contributed by atoms with Crippen LogP contribution in [0.3, 0.4) is 0 Å².